The van der Waals surface area contributed by atoms with Gasteiger partial charge >= 0.3 is 0 Å². The standard InChI is InChI=1S/C17H20N6OS/c1-3-25-22-8-5-14(6-9-22)24-17-16-4-7-18-23(16)12-15(20-17)13-10-19-21(2)11-13/h3-4,7,10-12,14H,1,5-6,8-9H2,2H3. The zero-order chi connectivity index (χ0) is 17.2. The number of aromatic nitrogens is 5. The van der Waals surface area contributed by atoms with E-state index in [1.165, 1.54) is 0 Å². The first-order chi connectivity index (χ1) is 12.2. The summed E-state index contributed by atoms with van der Waals surface area (Å²) >= 11 is 1.67. The molecule has 1 aliphatic rings. The Hall–Kier alpha value is -2.32. The van der Waals surface area contributed by atoms with Crippen LogP contribution in [0.4, 0.5) is 0 Å². The highest BCUT2D eigenvalue weighted by molar-refractivity contribution is 7.99. The van der Waals surface area contributed by atoms with Gasteiger partial charge < -0.3 is 4.74 Å². The SMILES string of the molecule is C=CSN1CCC(Oc2nc(-c3cnn(C)c3)cn3nccc23)CC1. The van der Waals surface area contributed by atoms with Gasteiger partial charge in [-0.1, -0.05) is 18.5 Å². The van der Waals surface area contributed by atoms with Crippen LogP contribution in [0.15, 0.2) is 42.8 Å². The fraction of sp³-hybridized carbons (Fsp3) is 0.353. The van der Waals surface area contributed by atoms with Crippen molar-refractivity contribution in [3.63, 3.8) is 0 Å². The van der Waals surface area contributed by atoms with Crippen molar-refractivity contribution in [1.82, 2.24) is 28.7 Å². The normalized spacial score (nSPS) is 16.4. The van der Waals surface area contributed by atoms with Gasteiger partial charge in [-0.05, 0) is 24.3 Å². The monoisotopic (exact) mass is 356 g/mol. The third kappa shape index (κ3) is 3.40. The van der Waals surface area contributed by atoms with E-state index in [1.54, 1.807) is 29.0 Å². The Morgan fingerprint density at radius 2 is 2.12 bits per heavy atom. The van der Waals surface area contributed by atoms with Gasteiger partial charge in [0.25, 0.3) is 0 Å². The average molecular weight is 356 g/mol. The van der Waals surface area contributed by atoms with Crippen LogP contribution in [0.1, 0.15) is 12.8 Å². The maximum Gasteiger partial charge on any atom is 0.240 e. The van der Waals surface area contributed by atoms with Crippen molar-refractivity contribution >= 4 is 17.5 Å². The number of ether oxygens (including phenoxy) is 1. The summed E-state index contributed by atoms with van der Waals surface area (Å²) in [6, 6.07) is 1.93. The Kier molecular flexibility index (Phi) is 4.46. The largest absolute Gasteiger partial charge is 0.473 e. The molecule has 0 spiro atoms. The fourth-order valence-electron chi connectivity index (χ4n) is 3.00. The van der Waals surface area contributed by atoms with E-state index < -0.39 is 0 Å². The van der Waals surface area contributed by atoms with Crippen LogP contribution in [0.3, 0.4) is 0 Å². The minimum absolute atomic E-state index is 0.164. The Labute approximate surface area is 150 Å². The molecule has 130 valence electrons. The second-order valence-electron chi connectivity index (χ2n) is 6.01. The summed E-state index contributed by atoms with van der Waals surface area (Å²) in [4.78, 5) is 4.73. The van der Waals surface area contributed by atoms with Crippen LogP contribution in [-0.2, 0) is 7.05 Å². The Morgan fingerprint density at radius 3 is 2.84 bits per heavy atom. The van der Waals surface area contributed by atoms with Crippen LogP contribution in [0.2, 0.25) is 0 Å². The van der Waals surface area contributed by atoms with Crippen molar-refractivity contribution in [3.8, 4) is 17.1 Å². The molecule has 7 nitrogen and oxygen atoms in total. The van der Waals surface area contributed by atoms with Crippen LogP contribution < -0.4 is 4.74 Å². The van der Waals surface area contributed by atoms with E-state index in [1.807, 2.05) is 35.4 Å². The first kappa shape index (κ1) is 16.2. The van der Waals surface area contributed by atoms with Crippen molar-refractivity contribution < 1.29 is 4.74 Å². The molecule has 4 rings (SSSR count). The molecule has 0 aromatic carbocycles. The van der Waals surface area contributed by atoms with Crippen LogP contribution >= 0.6 is 11.9 Å². The summed E-state index contributed by atoms with van der Waals surface area (Å²) in [5.41, 5.74) is 2.64. The second kappa shape index (κ2) is 6.89. The summed E-state index contributed by atoms with van der Waals surface area (Å²) in [5.74, 6) is 0.633. The van der Waals surface area contributed by atoms with Gasteiger partial charge in [0, 0.05) is 31.9 Å². The highest BCUT2D eigenvalue weighted by atomic mass is 32.2. The Balaban J connectivity index is 1.58. The van der Waals surface area contributed by atoms with Crippen molar-refractivity contribution in [3.05, 3.63) is 42.8 Å². The van der Waals surface area contributed by atoms with Gasteiger partial charge in [0.2, 0.25) is 5.88 Å². The molecule has 0 N–H and O–H groups in total. The first-order valence-electron chi connectivity index (χ1n) is 8.25. The van der Waals surface area contributed by atoms with Crippen LogP contribution in [-0.4, -0.2) is 47.9 Å². The van der Waals surface area contributed by atoms with E-state index in [9.17, 15) is 0 Å². The first-order valence-corrected chi connectivity index (χ1v) is 9.09. The maximum atomic E-state index is 6.26. The van der Waals surface area contributed by atoms with E-state index in [0.29, 0.717) is 5.88 Å². The molecular weight excluding hydrogens is 336 g/mol. The number of fused-ring (bicyclic) bond motifs is 1. The van der Waals surface area contributed by atoms with E-state index >= 15 is 0 Å². The minimum Gasteiger partial charge on any atom is -0.473 e. The highest BCUT2D eigenvalue weighted by Crippen LogP contribution is 2.27. The number of piperidine rings is 1. The molecule has 1 saturated heterocycles. The zero-order valence-electron chi connectivity index (χ0n) is 14.1. The molecule has 0 unspecified atom stereocenters. The Morgan fingerprint density at radius 1 is 1.28 bits per heavy atom. The number of nitrogens with zero attached hydrogens (tertiary/aromatic N) is 6. The molecule has 4 heterocycles. The minimum atomic E-state index is 0.164. The molecule has 0 aliphatic carbocycles. The maximum absolute atomic E-state index is 6.26. The van der Waals surface area contributed by atoms with Gasteiger partial charge in [-0.3, -0.25) is 4.68 Å². The lowest BCUT2D eigenvalue weighted by atomic mass is 10.1. The third-order valence-corrected chi connectivity index (χ3v) is 5.07. The van der Waals surface area contributed by atoms with Gasteiger partial charge in [-0.15, -0.1) is 0 Å². The van der Waals surface area contributed by atoms with E-state index in [-0.39, 0.29) is 6.10 Å². The molecule has 3 aromatic rings. The Bertz CT molecular complexity index is 880. The lowest BCUT2D eigenvalue weighted by Crippen LogP contribution is -2.34. The van der Waals surface area contributed by atoms with E-state index in [4.69, 9.17) is 9.72 Å². The molecule has 0 atom stereocenters. The quantitative estimate of drug-likeness (QED) is 0.655. The summed E-state index contributed by atoms with van der Waals surface area (Å²) in [7, 11) is 1.89. The topological polar surface area (TPSA) is 60.5 Å². The number of rotatable bonds is 5. The summed E-state index contributed by atoms with van der Waals surface area (Å²) < 4.78 is 12.1. The summed E-state index contributed by atoms with van der Waals surface area (Å²) in [5, 5.41) is 10.4. The number of hydrogen-bond acceptors (Lipinski definition) is 6. The average Bonchev–Trinajstić information content (AvgIpc) is 3.25. The predicted octanol–water partition coefficient (Wildman–Crippen LogP) is 2.76. The molecule has 1 fully saturated rings. The third-order valence-electron chi connectivity index (χ3n) is 4.26. The molecule has 1 aliphatic heterocycles. The predicted molar refractivity (Wildman–Crippen MR) is 98.2 cm³/mol. The summed E-state index contributed by atoms with van der Waals surface area (Å²) in [6.07, 6.45) is 9.51. The zero-order valence-corrected chi connectivity index (χ0v) is 14.9. The molecule has 0 amide bonds. The lowest BCUT2D eigenvalue weighted by molar-refractivity contribution is 0.135. The van der Waals surface area contributed by atoms with Crippen LogP contribution in [0.5, 0.6) is 5.88 Å². The number of aryl methyl sites for hydroxylation is 1. The van der Waals surface area contributed by atoms with Gasteiger partial charge in [-0.2, -0.15) is 10.2 Å². The number of hydrogen-bond donors (Lipinski definition) is 0. The molecule has 8 heteroatoms. The van der Waals surface area contributed by atoms with Gasteiger partial charge in [0.1, 0.15) is 11.6 Å². The second-order valence-corrected chi connectivity index (χ2v) is 7.07. The molecule has 0 bridgehead atoms. The van der Waals surface area contributed by atoms with Crippen molar-refractivity contribution in [2.24, 2.45) is 7.05 Å². The van der Waals surface area contributed by atoms with Gasteiger partial charge in [0.05, 0.1) is 24.3 Å². The van der Waals surface area contributed by atoms with E-state index in [0.717, 1.165) is 42.7 Å². The summed E-state index contributed by atoms with van der Waals surface area (Å²) in [6.45, 7) is 5.74. The molecule has 0 saturated carbocycles. The van der Waals surface area contributed by atoms with Crippen molar-refractivity contribution in [2.75, 3.05) is 13.1 Å². The highest BCUT2D eigenvalue weighted by Gasteiger charge is 2.22. The van der Waals surface area contributed by atoms with Crippen molar-refractivity contribution in [1.29, 1.82) is 0 Å². The smallest absolute Gasteiger partial charge is 0.240 e. The molecular formula is C17H20N6OS. The molecule has 3 aromatic heterocycles. The lowest BCUT2D eigenvalue weighted by Gasteiger charge is -2.30. The molecule has 25 heavy (non-hydrogen) atoms. The fourth-order valence-corrected chi connectivity index (χ4v) is 3.63. The van der Waals surface area contributed by atoms with Crippen LogP contribution in [0, 0.1) is 0 Å². The van der Waals surface area contributed by atoms with Gasteiger partial charge in [0.15, 0.2) is 0 Å². The van der Waals surface area contributed by atoms with Gasteiger partial charge in [-0.25, -0.2) is 13.8 Å². The van der Waals surface area contributed by atoms with Crippen LogP contribution in [0.25, 0.3) is 16.8 Å². The van der Waals surface area contributed by atoms with Crippen molar-refractivity contribution in [2.45, 2.75) is 18.9 Å². The van der Waals surface area contributed by atoms with E-state index in [2.05, 4.69) is 21.1 Å². The molecule has 0 radical (unpaired) electrons.